The van der Waals surface area contributed by atoms with Crippen LogP contribution in [0.1, 0.15) is 32.4 Å². The number of aromatic nitrogens is 2. The van der Waals surface area contributed by atoms with Crippen LogP contribution in [-0.2, 0) is 11.3 Å². The van der Waals surface area contributed by atoms with Crippen LogP contribution in [-0.4, -0.2) is 28.5 Å². The normalized spacial score (nSPS) is 22.4. The van der Waals surface area contributed by atoms with Crippen LogP contribution >= 0.6 is 0 Å². The fourth-order valence-electron chi connectivity index (χ4n) is 2.36. The maximum absolute atomic E-state index is 12.2. The zero-order valence-corrected chi connectivity index (χ0v) is 10.9. The Morgan fingerprint density at radius 1 is 1.61 bits per heavy atom. The molecule has 0 saturated carbocycles. The molecule has 2 rings (SSSR count). The molecule has 1 aromatic heterocycles. The van der Waals surface area contributed by atoms with Crippen molar-refractivity contribution in [1.82, 2.24) is 20.6 Å². The van der Waals surface area contributed by atoms with Crippen molar-refractivity contribution < 1.29 is 4.79 Å². The highest BCUT2D eigenvalue weighted by atomic mass is 16.2. The van der Waals surface area contributed by atoms with Crippen LogP contribution in [0.25, 0.3) is 0 Å². The van der Waals surface area contributed by atoms with Crippen molar-refractivity contribution in [1.29, 1.82) is 0 Å². The van der Waals surface area contributed by atoms with Gasteiger partial charge in [-0.1, -0.05) is 13.8 Å². The first-order valence-corrected chi connectivity index (χ1v) is 6.35. The molecule has 5 heteroatoms. The summed E-state index contributed by atoms with van der Waals surface area (Å²) in [5, 5.41) is 6.23. The van der Waals surface area contributed by atoms with Gasteiger partial charge in [-0.2, -0.15) is 0 Å². The van der Waals surface area contributed by atoms with Gasteiger partial charge in [0.05, 0.1) is 18.3 Å². The van der Waals surface area contributed by atoms with Gasteiger partial charge in [0.2, 0.25) is 5.91 Å². The number of nitrogens with zero attached hydrogens (tertiary/aromatic N) is 2. The van der Waals surface area contributed by atoms with Crippen molar-refractivity contribution in [3.8, 4) is 0 Å². The molecule has 1 atom stereocenters. The summed E-state index contributed by atoms with van der Waals surface area (Å²) in [5.41, 5.74) is 0.834. The van der Waals surface area contributed by atoms with Crippen LogP contribution in [0.2, 0.25) is 0 Å². The van der Waals surface area contributed by atoms with Crippen LogP contribution < -0.4 is 10.6 Å². The number of amides is 1. The fraction of sp³-hybridized carbons (Fsp3) is 0.615. The van der Waals surface area contributed by atoms with Gasteiger partial charge in [0.15, 0.2) is 0 Å². The Bertz CT molecular complexity index is 405. The first kappa shape index (κ1) is 13.0. The van der Waals surface area contributed by atoms with Gasteiger partial charge in [-0.05, 0) is 30.9 Å². The number of piperidine rings is 1. The lowest BCUT2D eigenvalue weighted by Crippen LogP contribution is -2.55. The topological polar surface area (TPSA) is 66.9 Å². The summed E-state index contributed by atoms with van der Waals surface area (Å²) in [7, 11) is 0. The molecule has 5 nitrogen and oxygen atoms in total. The maximum Gasteiger partial charge on any atom is 0.238 e. The molecular weight excluding hydrogens is 228 g/mol. The monoisotopic (exact) mass is 248 g/mol. The van der Waals surface area contributed by atoms with E-state index in [1.54, 1.807) is 12.3 Å². The van der Waals surface area contributed by atoms with E-state index >= 15 is 0 Å². The number of carbonyl (C=O) groups excluding carboxylic acids is 1. The van der Waals surface area contributed by atoms with Crippen LogP contribution in [0.3, 0.4) is 0 Å². The summed E-state index contributed by atoms with van der Waals surface area (Å²) in [6.07, 6.45) is 5.37. The van der Waals surface area contributed by atoms with Gasteiger partial charge in [0.25, 0.3) is 0 Å². The smallest absolute Gasteiger partial charge is 0.238 e. The van der Waals surface area contributed by atoms with Crippen molar-refractivity contribution in [3.05, 3.63) is 24.3 Å². The van der Waals surface area contributed by atoms with Gasteiger partial charge in [-0.15, -0.1) is 0 Å². The van der Waals surface area contributed by atoms with Crippen molar-refractivity contribution >= 4 is 5.91 Å². The molecule has 1 aliphatic heterocycles. The van der Waals surface area contributed by atoms with E-state index in [2.05, 4.69) is 34.4 Å². The molecule has 1 aromatic rings. The third-order valence-corrected chi connectivity index (χ3v) is 3.48. The van der Waals surface area contributed by atoms with Gasteiger partial charge in [-0.3, -0.25) is 4.79 Å². The third-order valence-electron chi connectivity index (χ3n) is 3.48. The Morgan fingerprint density at radius 2 is 2.44 bits per heavy atom. The summed E-state index contributed by atoms with van der Waals surface area (Å²) < 4.78 is 0. The summed E-state index contributed by atoms with van der Waals surface area (Å²) in [5.74, 6) is 0.0540. The molecule has 1 saturated heterocycles. The Balaban J connectivity index is 1.91. The molecule has 0 spiro atoms. The maximum atomic E-state index is 12.2. The molecule has 1 fully saturated rings. The van der Waals surface area contributed by atoms with E-state index in [9.17, 15) is 4.79 Å². The number of nitrogens with one attached hydrogen (secondary N) is 2. The fourth-order valence-corrected chi connectivity index (χ4v) is 2.36. The highest BCUT2D eigenvalue weighted by Gasteiger charge is 2.36. The standard InChI is InChI=1S/C13H20N4O/c1-13(2)5-3-6-15-11(13)12(18)16-8-10-4-7-14-9-17-10/h4,7,9,11,15H,3,5-6,8H2,1-2H3,(H,16,18). The van der Waals surface area contributed by atoms with Gasteiger partial charge >= 0.3 is 0 Å². The SMILES string of the molecule is CC1(C)CCCNC1C(=O)NCc1ccncn1. The van der Waals surface area contributed by atoms with Crippen LogP contribution in [0, 0.1) is 5.41 Å². The second-order valence-electron chi connectivity index (χ2n) is 5.40. The molecule has 2 heterocycles. The van der Waals surface area contributed by atoms with Crippen LogP contribution in [0.5, 0.6) is 0 Å². The molecule has 1 amide bonds. The average Bonchev–Trinajstić information content (AvgIpc) is 2.37. The van der Waals surface area contributed by atoms with E-state index in [-0.39, 0.29) is 17.4 Å². The lowest BCUT2D eigenvalue weighted by Gasteiger charge is -2.38. The number of hydrogen-bond donors (Lipinski definition) is 2. The molecule has 98 valence electrons. The first-order chi connectivity index (χ1) is 8.59. The number of carbonyl (C=O) groups is 1. The van der Waals surface area contributed by atoms with Crippen molar-refractivity contribution in [2.75, 3.05) is 6.54 Å². The van der Waals surface area contributed by atoms with Crippen molar-refractivity contribution in [2.45, 2.75) is 39.3 Å². The lowest BCUT2D eigenvalue weighted by atomic mass is 9.77. The van der Waals surface area contributed by atoms with E-state index in [0.29, 0.717) is 6.54 Å². The van der Waals surface area contributed by atoms with E-state index < -0.39 is 0 Å². The third kappa shape index (κ3) is 3.04. The Morgan fingerprint density at radius 3 is 3.11 bits per heavy atom. The largest absolute Gasteiger partial charge is 0.349 e. The zero-order chi connectivity index (χ0) is 13.0. The molecule has 2 N–H and O–H groups in total. The highest BCUT2D eigenvalue weighted by Crippen LogP contribution is 2.30. The minimum atomic E-state index is -0.118. The van der Waals surface area contributed by atoms with E-state index in [0.717, 1.165) is 25.1 Å². The van der Waals surface area contributed by atoms with E-state index in [4.69, 9.17) is 0 Å². The van der Waals surface area contributed by atoms with Crippen LogP contribution in [0.15, 0.2) is 18.6 Å². The van der Waals surface area contributed by atoms with Gasteiger partial charge in [0.1, 0.15) is 6.33 Å². The molecule has 18 heavy (non-hydrogen) atoms. The second-order valence-corrected chi connectivity index (χ2v) is 5.40. The Kier molecular flexibility index (Phi) is 3.91. The molecule has 0 radical (unpaired) electrons. The minimum absolute atomic E-state index is 0.00794. The quantitative estimate of drug-likeness (QED) is 0.833. The van der Waals surface area contributed by atoms with Gasteiger partial charge in [0, 0.05) is 6.20 Å². The van der Waals surface area contributed by atoms with Crippen molar-refractivity contribution in [3.63, 3.8) is 0 Å². The van der Waals surface area contributed by atoms with Crippen LogP contribution in [0.4, 0.5) is 0 Å². The Hall–Kier alpha value is -1.49. The number of rotatable bonds is 3. The average molecular weight is 248 g/mol. The minimum Gasteiger partial charge on any atom is -0.349 e. The summed E-state index contributed by atoms with van der Waals surface area (Å²) in [6, 6.07) is 1.69. The van der Waals surface area contributed by atoms with Gasteiger partial charge in [-0.25, -0.2) is 9.97 Å². The zero-order valence-electron chi connectivity index (χ0n) is 10.9. The summed E-state index contributed by atoms with van der Waals surface area (Å²) in [4.78, 5) is 20.1. The lowest BCUT2D eigenvalue weighted by molar-refractivity contribution is -0.127. The van der Waals surface area contributed by atoms with Crippen molar-refractivity contribution in [2.24, 2.45) is 5.41 Å². The highest BCUT2D eigenvalue weighted by molar-refractivity contribution is 5.82. The summed E-state index contributed by atoms with van der Waals surface area (Å²) >= 11 is 0. The predicted molar refractivity (Wildman–Crippen MR) is 68.7 cm³/mol. The molecular formula is C13H20N4O. The molecule has 0 aliphatic carbocycles. The molecule has 0 bridgehead atoms. The molecule has 1 aliphatic rings. The van der Waals surface area contributed by atoms with E-state index in [1.807, 2.05) is 0 Å². The Labute approximate surface area is 107 Å². The first-order valence-electron chi connectivity index (χ1n) is 6.35. The molecule has 0 aromatic carbocycles. The number of hydrogen-bond acceptors (Lipinski definition) is 4. The predicted octanol–water partition coefficient (Wildman–Crippen LogP) is 0.871. The second kappa shape index (κ2) is 5.44. The van der Waals surface area contributed by atoms with E-state index in [1.165, 1.54) is 6.33 Å². The van der Waals surface area contributed by atoms with Gasteiger partial charge < -0.3 is 10.6 Å². The summed E-state index contributed by atoms with van der Waals surface area (Å²) in [6.45, 7) is 5.63. The molecule has 1 unspecified atom stereocenters.